The Morgan fingerprint density at radius 3 is 2.95 bits per heavy atom. The van der Waals surface area contributed by atoms with E-state index in [4.69, 9.17) is 5.11 Å². The second-order valence-corrected chi connectivity index (χ2v) is 4.38. The average Bonchev–Trinajstić information content (AvgIpc) is 2.83. The third-order valence-electron chi connectivity index (χ3n) is 2.78. The monoisotopic (exact) mass is 291 g/mol. The molecule has 0 radical (unpaired) electrons. The maximum absolute atomic E-state index is 11.0. The summed E-state index contributed by atoms with van der Waals surface area (Å²) in [7, 11) is 0. The van der Waals surface area contributed by atoms with Crippen LogP contribution in [-0.2, 0) is 17.9 Å². The number of carboxylic acids is 1. The summed E-state index contributed by atoms with van der Waals surface area (Å²) >= 11 is 0. The Kier molecular flexibility index (Phi) is 4.12. The topological polar surface area (TPSA) is 123 Å². The number of rotatable bonds is 6. The van der Waals surface area contributed by atoms with Gasteiger partial charge in [-0.15, -0.1) is 5.10 Å². The maximum Gasteiger partial charge on any atom is 0.325 e. The van der Waals surface area contributed by atoms with Gasteiger partial charge in [-0.3, -0.25) is 14.9 Å². The van der Waals surface area contributed by atoms with Gasteiger partial charge >= 0.3 is 5.97 Å². The lowest BCUT2D eigenvalue weighted by atomic mass is 10.1. The van der Waals surface area contributed by atoms with Gasteiger partial charge in [-0.05, 0) is 12.5 Å². The summed E-state index contributed by atoms with van der Waals surface area (Å²) in [6.45, 7) is 1.69. The van der Waals surface area contributed by atoms with Gasteiger partial charge < -0.3 is 10.4 Å². The van der Waals surface area contributed by atoms with Crippen molar-refractivity contribution in [1.82, 2.24) is 15.0 Å². The molecule has 0 aliphatic heterocycles. The molecule has 9 nitrogen and oxygen atoms in total. The molecule has 0 amide bonds. The second kappa shape index (κ2) is 5.99. The fourth-order valence-electron chi connectivity index (χ4n) is 1.85. The van der Waals surface area contributed by atoms with Crippen LogP contribution in [0, 0.1) is 17.0 Å². The Morgan fingerprint density at radius 1 is 1.52 bits per heavy atom. The maximum atomic E-state index is 11.0. The van der Waals surface area contributed by atoms with E-state index in [9.17, 15) is 14.9 Å². The number of nitrogens with one attached hydrogen (secondary N) is 1. The molecular weight excluding hydrogens is 278 g/mol. The number of carboxylic acid groups (broad SMARTS) is 1. The molecule has 2 aromatic rings. The average molecular weight is 291 g/mol. The first-order chi connectivity index (χ1) is 9.97. The lowest BCUT2D eigenvalue weighted by Crippen LogP contribution is -2.09. The minimum atomic E-state index is -1.02. The van der Waals surface area contributed by atoms with Crippen molar-refractivity contribution in [1.29, 1.82) is 0 Å². The molecule has 9 heteroatoms. The number of para-hydroxylation sites is 1. The van der Waals surface area contributed by atoms with E-state index in [0.717, 1.165) is 5.56 Å². The molecular formula is C12H13N5O4. The van der Waals surface area contributed by atoms with Crippen LogP contribution < -0.4 is 5.32 Å². The largest absolute Gasteiger partial charge is 0.480 e. The number of anilines is 1. The van der Waals surface area contributed by atoms with Crippen molar-refractivity contribution in [2.45, 2.75) is 20.0 Å². The molecule has 2 N–H and O–H groups in total. The zero-order chi connectivity index (χ0) is 15.4. The van der Waals surface area contributed by atoms with Gasteiger partial charge in [0.25, 0.3) is 5.69 Å². The molecule has 0 aliphatic carbocycles. The number of carbonyl (C=O) groups is 1. The smallest absolute Gasteiger partial charge is 0.325 e. The zero-order valence-corrected chi connectivity index (χ0v) is 11.2. The third kappa shape index (κ3) is 3.53. The summed E-state index contributed by atoms with van der Waals surface area (Å²) < 4.78 is 1.19. The van der Waals surface area contributed by atoms with Crippen LogP contribution in [-0.4, -0.2) is 31.0 Å². The molecule has 0 saturated carbocycles. The Hall–Kier alpha value is -2.97. The van der Waals surface area contributed by atoms with E-state index in [1.165, 1.54) is 16.9 Å². The van der Waals surface area contributed by atoms with Crippen LogP contribution >= 0.6 is 0 Å². The van der Waals surface area contributed by atoms with Crippen molar-refractivity contribution in [3.8, 4) is 0 Å². The predicted molar refractivity (Wildman–Crippen MR) is 72.8 cm³/mol. The molecule has 21 heavy (non-hydrogen) atoms. The molecule has 0 atom stereocenters. The van der Waals surface area contributed by atoms with Crippen molar-refractivity contribution >= 4 is 17.3 Å². The molecule has 0 fully saturated rings. The van der Waals surface area contributed by atoms with Gasteiger partial charge in [-0.2, -0.15) is 0 Å². The van der Waals surface area contributed by atoms with Crippen molar-refractivity contribution in [2.24, 2.45) is 0 Å². The summed E-state index contributed by atoms with van der Waals surface area (Å²) in [6.07, 6.45) is 1.48. The normalized spacial score (nSPS) is 10.3. The van der Waals surface area contributed by atoms with Gasteiger partial charge in [-0.1, -0.05) is 17.3 Å². The predicted octanol–water partition coefficient (Wildman–Crippen LogP) is 1.19. The van der Waals surface area contributed by atoms with Crippen LogP contribution in [0.5, 0.6) is 0 Å². The second-order valence-electron chi connectivity index (χ2n) is 4.38. The van der Waals surface area contributed by atoms with E-state index in [2.05, 4.69) is 15.6 Å². The highest BCUT2D eigenvalue weighted by molar-refractivity contribution is 5.66. The Bertz CT molecular complexity index is 682. The Labute approximate surface area is 119 Å². The van der Waals surface area contributed by atoms with E-state index >= 15 is 0 Å². The number of aromatic nitrogens is 3. The van der Waals surface area contributed by atoms with E-state index in [1.54, 1.807) is 19.1 Å². The molecule has 0 saturated heterocycles. The van der Waals surface area contributed by atoms with Gasteiger partial charge in [0.2, 0.25) is 0 Å². The molecule has 0 bridgehead atoms. The zero-order valence-electron chi connectivity index (χ0n) is 11.2. The van der Waals surface area contributed by atoms with Gasteiger partial charge in [-0.25, -0.2) is 4.68 Å². The lowest BCUT2D eigenvalue weighted by molar-refractivity contribution is -0.384. The number of aryl methyl sites for hydroxylation is 1. The van der Waals surface area contributed by atoms with Crippen LogP contribution in [0.4, 0.5) is 11.4 Å². The number of hydrogen-bond acceptors (Lipinski definition) is 6. The fourth-order valence-corrected chi connectivity index (χ4v) is 1.85. The van der Waals surface area contributed by atoms with Crippen LogP contribution in [0.3, 0.4) is 0 Å². The van der Waals surface area contributed by atoms with Crippen molar-refractivity contribution in [3.63, 3.8) is 0 Å². The summed E-state index contributed by atoms with van der Waals surface area (Å²) in [6, 6.07) is 4.79. The van der Waals surface area contributed by atoms with Gasteiger partial charge in [0, 0.05) is 6.07 Å². The molecule has 2 rings (SSSR count). The molecule has 1 aromatic heterocycles. The first kappa shape index (κ1) is 14.4. The minimum absolute atomic E-state index is 0.0204. The summed E-state index contributed by atoms with van der Waals surface area (Å²) in [5.41, 5.74) is 1.62. The standard InChI is InChI=1S/C12H13N5O4/c1-8-3-2-4-10(17(20)21)12(8)13-5-9-6-16(15-14-9)7-11(18)19/h2-4,6,13H,5,7H2,1H3,(H,18,19). The van der Waals surface area contributed by atoms with Crippen LogP contribution in [0.2, 0.25) is 0 Å². The molecule has 1 aromatic carbocycles. The fraction of sp³-hybridized carbons (Fsp3) is 0.250. The van der Waals surface area contributed by atoms with Gasteiger partial charge in [0.1, 0.15) is 17.9 Å². The number of aliphatic carboxylic acids is 1. The molecule has 0 aliphatic rings. The molecule has 0 unspecified atom stereocenters. The number of benzene rings is 1. The minimum Gasteiger partial charge on any atom is -0.480 e. The van der Waals surface area contributed by atoms with Gasteiger partial charge in [0.15, 0.2) is 0 Å². The quantitative estimate of drug-likeness (QED) is 0.605. The first-order valence-corrected chi connectivity index (χ1v) is 6.06. The summed E-state index contributed by atoms with van der Waals surface area (Å²) in [5.74, 6) is -1.02. The molecule has 1 heterocycles. The number of nitro benzene ring substituents is 1. The van der Waals surface area contributed by atoms with Crippen LogP contribution in [0.15, 0.2) is 24.4 Å². The molecule has 0 spiro atoms. The Balaban J connectivity index is 2.11. The van der Waals surface area contributed by atoms with Crippen LogP contribution in [0.1, 0.15) is 11.3 Å². The van der Waals surface area contributed by atoms with Gasteiger partial charge in [0.05, 0.1) is 17.7 Å². The Morgan fingerprint density at radius 2 is 2.29 bits per heavy atom. The number of hydrogen-bond donors (Lipinski definition) is 2. The highest BCUT2D eigenvalue weighted by Gasteiger charge is 2.15. The third-order valence-corrected chi connectivity index (χ3v) is 2.78. The summed E-state index contributed by atoms with van der Waals surface area (Å²) in [4.78, 5) is 21.1. The van der Waals surface area contributed by atoms with Crippen LogP contribution in [0.25, 0.3) is 0 Å². The van der Waals surface area contributed by atoms with Crippen molar-refractivity contribution in [2.75, 3.05) is 5.32 Å². The first-order valence-electron chi connectivity index (χ1n) is 6.06. The highest BCUT2D eigenvalue weighted by Crippen LogP contribution is 2.27. The lowest BCUT2D eigenvalue weighted by Gasteiger charge is -2.08. The molecule has 110 valence electrons. The van der Waals surface area contributed by atoms with Crippen molar-refractivity contribution < 1.29 is 14.8 Å². The number of nitrogens with zero attached hydrogens (tertiary/aromatic N) is 4. The highest BCUT2D eigenvalue weighted by atomic mass is 16.6. The van der Waals surface area contributed by atoms with E-state index in [0.29, 0.717) is 11.4 Å². The number of nitro groups is 1. The van der Waals surface area contributed by atoms with E-state index < -0.39 is 10.9 Å². The van der Waals surface area contributed by atoms with Crippen molar-refractivity contribution in [3.05, 3.63) is 45.8 Å². The van der Waals surface area contributed by atoms with E-state index in [1.807, 2.05) is 0 Å². The SMILES string of the molecule is Cc1cccc([N+](=O)[O-])c1NCc1cn(CC(=O)O)nn1. The summed E-state index contributed by atoms with van der Waals surface area (Å²) in [5, 5.41) is 30.0. The van der Waals surface area contributed by atoms with E-state index in [-0.39, 0.29) is 18.8 Å².